The van der Waals surface area contributed by atoms with Crippen molar-refractivity contribution in [3.63, 3.8) is 0 Å². The average molecular weight is 378 g/mol. The van der Waals surface area contributed by atoms with Crippen LogP contribution in [0, 0.1) is 11.6 Å². The largest absolute Gasteiger partial charge is 0.457 e. The standard InChI is InChI=1S/C13H8Br2F2O/c14-7-8-3-10(16)1-2-13(8)18-12-5-9(15)4-11(17)6-12/h1-6H,7H2. The zero-order valence-corrected chi connectivity index (χ0v) is 12.3. The lowest BCUT2D eigenvalue weighted by atomic mass is 10.2. The topological polar surface area (TPSA) is 9.23 Å². The number of hydrogen-bond acceptors (Lipinski definition) is 1. The summed E-state index contributed by atoms with van der Waals surface area (Å²) in [6, 6.07) is 8.44. The van der Waals surface area contributed by atoms with Gasteiger partial charge in [-0.1, -0.05) is 31.9 Å². The lowest BCUT2D eigenvalue weighted by molar-refractivity contribution is 0.470. The van der Waals surface area contributed by atoms with E-state index in [1.165, 1.54) is 30.3 Å². The summed E-state index contributed by atoms with van der Waals surface area (Å²) in [7, 11) is 0. The van der Waals surface area contributed by atoms with Crippen molar-refractivity contribution in [3.05, 3.63) is 58.1 Å². The van der Waals surface area contributed by atoms with Crippen molar-refractivity contribution >= 4 is 31.9 Å². The summed E-state index contributed by atoms with van der Waals surface area (Å²) in [6.45, 7) is 0. The van der Waals surface area contributed by atoms with Crippen LogP contribution in [-0.2, 0) is 5.33 Å². The molecule has 0 saturated heterocycles. The molecule has 0 atom stereocenters. The van der Waals surface area contributed by atoms with Crippen molar-refractivity contribution in [1.82, 2.24) is 0 Å². The van der Waals surface area contributed by atoms with E-state index in [4.69, 9.17) is 4.74 Å². The highest BCUT2D eigenvalue weighted by Gasteiger charge is 2.07. The van der Waals surface area contributed by atoms with Crippen molar-refractivity contribution in [2.45, 2.75) is 5.33 Å². The van der Waals surface area contributed by atoms with Crippen LogP contribution in [0.5, 0.6) is 11.5 Å². The van der Waals surface area contributed by atoms with Gasteiger partial charge in [0.15, 0.2) is 0 Å². The molecule has 0 spiro atoms. The summed E-state index contributed by atoms with van der Waals surface area (Å²) in [5.74, 6) is 0.112. The first kappa shape index (κ1) is 13.5. The highest BCUT2D eigenvalue weighted by atomic mass is 79.9. The zero-order chi connectivity index (χ0) is 13.1. The lowest BCUT2D eigenvalue weighted by Gasteiger charge is -2.10. The van der Waals surface area contributed by atoms with Gasteiger partial charge < -0.3 is 4.74 Å². The number of rotatable bonds is 3. The third-order valence-corrected chi connectivity index (χ3v) is 3.29. The summed E-state index contributed by atoms with van der Waals surface area (Å²) < 4.78 is 32.4. The average Bonchev–Trinajstić information content (AvgIpc) is 2.30. The van der Waals surface area contributed by atoms with E-state index < -0.39 is 5.82 Å². The molecular formula is C13H8Br2F2O. The summed E-state index contributed by atoms with van der Waals surface area (Å²) >= 11 is 6.44. The minimum Gasteiger partial charge on any atom is -0.457 e. The maximum Gasteiger partial charge on any atom is 0.131 e. The van der Waals surface area contributed by atoms with Gasteiger partial charge in [0.1, 0.15) is 23.1 Å². The summed E-state index contributed by atoms with van der Waals surface area (Å²) in [4.78, 5) is 0. The van der Waals surface area contributed by atoms with E-state index in [1.807, 2.05) is 0 Å². The maximum atomic E-state index is 13.2. The van der Waals surface area contributed by atoms with Gasteiger partial charge in [-0.05, 0) is 30.3 Å². The Kier molecular flexibility index (Phi) is 4.35. The molecule has 0 unspecified atom stereocenters. The van der Waals surface area contributed by atoms with Gasteiger partial charge in [0, 0.05) is 21.4 Å². The van der Waals surface area contributed by atoms with E-state index in [-0.39, 0.29) is 5.82 Å². The van der Waals surface area contributed by atoms with Crippen LogP contribution in [0.2, 0.25) is 0 Å². The molecule has 0 aliphatic carbocycles. The van der Waals surface area contributed by atoms with Gasteiger partial charge in [-0.3, -0.25) is 0 Å². The molecule has 0 heterocycles. The van der Waals surface area contributed by atoms with Gasteiger partial charge in [0.25, 0.3) is 0 Å². The first-order valence-corrected chi connectivity index (χ1v) is 6.98. The monoisotopic (exact) mass is 376 g/mol. The molecule has 0 bridgehead atoms. The summed E-state index contributed by atoms with van der Waals surface area (Å²) in [5.41, 5.74) is 0.662. The Bertz CT molecular complexity index is 553. The number of halogens is 4. The normalized spacial score (nSPS) is 10.4. The van der Waals surface area contributed by atoms with Gasteiger partial charge in [0.05, 0.1) is 0 Å². The van der Waals surface area contributed by atoms with Crippen LogP contribution in [0.4, 0.5) is 8.78 Å². The highest BCUT2D eigenvalue weighted by Crippen LogP contribution is 2.29. The molecule has 94 valence electrons. The van der Waals surface area contributed by atoms with Crippen LogP contribution in [-0.4, -0.2) is 0 Å². The molecular weight excluding hydrogens is 370 g/mol. The van der Waals surface area contributed by atoms with Crippen molar-refractivity contribution in [3.8, 4) is 11.5 Å². The van der Waals surface area contributed by atoms with E-state index in [9.17, 15) is 8.78 Å². The van der Waals surface area contributed by atoms with Crippen molar-refractivity contribution in [2.24, 2.45) is 0 Å². The molecule has 0 aromatic heterocycles. The Balaban J connectivity index is 2.33. The van der Waals surface area contributed by atoms with Gasteiger partial charge in [0.2, 0.25) is 0 Å². The van der Waals surface area contributed by atoms with Crippen molar-refractivity contribution in [1.29, 1.82) is 0 Å². The fourth-order valence-corrected chi connectivity index (χ4v) is 2.35. The van der Waals surface area contributed by atoms with E-state index in [1.54, 1.807) is 6.07 Å². The Morgan fingerprint density at radius 3 is 2.44 bits per heavy atom. The second kappa shape index (κ2) is 5.80. The third kappa shape index (κ3) is 3.29. The summed E-state index contributed by atoms with van der Waals surface area (Å²) in [6.07, 6.45) is 0. The Hall–Kier alpha value is -0.940. The molecule has 0 amide bonds. The van der Waals surface area contributed by atoms with Crippen LogP contribution in [0.25, 0.3) is 0 Å². The predicted molar refractivity (Wildman–Crippen MR) is 73.2 cm³/mol. The van der Waals surface area contributed by atoms with Gasteiger partial charge in [-0.15, -0.1) is 0 Å². The van der Waals surface area contributed by atoms with Gasteiger partial charge in [-0.25, -0.2) is 8.78 Å². The number of hydrogen-bond donors (Lipinski definition) is 0. The SMILES string of the molecule is Fc1cc(Br)cc(Oc2ccc(F)cc2CBr)c1. The quantitative estimate of drug-likeness (QED) is 0.649. The van der Waals surface area contributed by atoms with Crippen LogP contribution >= 0.6 is 31.9 Å². The minimum absolute atomic E-state index is 0.336. The Morgan fingerprint density at radius 1 is 1.00 bits per heavy atom. The minimum atomic E-state index is -0.401. The lowest BCUT2D eigenvalue weighted by Crippen LogP contribution is -1.91. The van der Waals surface area contributed by atoms with Crippen molar-refractivity contribution < 1.29 is 13.5 Å². The van der Waals surface area contributed by atoms with Crippen LogP contribution < -0.4 is 4.74 Å². The molecule has 0 N–H and O–H groups in total. The van der Waals surface area contributed by atoms with Gasteiger partial charge >= 0.3 is 0 Å². The molecule has 0 radical (unpaired) electrons. The molecule has 0 saturated carbocycles. The second-order valence-electron chi connectivity index (χ2n) is 3.59. The third-order valence-electron chi connectivity index (χ3n) is 2.23. The fraction of sp³-hybridized carbons (Fsp3) is 0.0769. The van der Waals surface area contributed by atoms with Crippen molar-refractivity contribution in [2.75, 3.05) is 0 Å². The molecule has 2 aromatic carbocycles. The number of alkyl halides is 1. The molecule has 0 fully saturated rings. The first-order chi connectivity index (χ1) is 8.58. The smallest absolute Gasteiger partial charge is 0.131 e. The van der Waals surface area contributed by atoms with Crippen LogP contribution in [0.1, 0.15) is 5.56 Å². The zero-order valence-electron chi connectivity index (χ0n) is 9.09. The first-order valence-electron chi connectivity index (χ1n) is 5.07. The molecule has 1 nitrogen and oxygen atoms in total. The molecule has 2 rings (SSSR count). The van der Waals surface area contributed by atoms with E-state index in [0.29, 0.717) is 26.9 Å². The van der Waals surface area contributed by atoms with Crippen LogP contribution in [0.3, 0.4) is 0 Å². The highest BCUT2D eigenvalue weighted by molar-refractivity contribution is 9.10. The molecule has 0 aliphatic heterocycles. The predicted octanol–water partition coefficient (Wildman–Crippen LogP) is 5.41. The molecule has 2 aromatic rings. The second-order valence-corrected chi connectivity index (χ2v) is 5.07. The van der Waals surface area contributed by atoms with Gasteiger partial charge in [-0.2, -0.15) is 0 Å². The maximum absolute atomic E-state index is 13.2. The van der Waals surface area contributed by atoms with E-state index in [0.717, 1.165) is 0 Å². The fourth-order valence-electron chi connectivity index (χ4n) is 1.47. The number of ether oxygens (including phenoxy) is 1. The van der Waals surface area contributed by atoms with Crippen LogP contribution in [0.15, 0.2) is 40.9 Å². The molecule has 18 heavy (non-hydrogen) atoms. The Labute approximate surface area is 120 Å². The van der Waals surface area contributed by atoms with E-state index in [2.05, 4.69) is 31.9 Å². The number of benzene rings is 2. The summed E-state index contributed by atoms with van der Waals surface area (Å²) in [5, 5.41) is 0.455. The molecule has 0 aliphatic rings. The molecule has 5 heteroatoms. The Morgan fingerprint density at radius 2 is 1.78 bits per heavy atom. The van der Waals surface area contributed by atoms with E-state index >= 15 is 0 Å².